The van der Waals surface area contributed by atoms with Crippen molar-refractivity contribution in [3.8, 4) is 11.5 Å². The highest BCUT2D eigenvalue weighted by Gasteiger charge is 2.35. The molecule has 1 aromatic carbocycles. The molecule has 27 heavy (non-hydrogen) atoms. The lowest BCUT2D eigenvalue weighted by molar-refractivity contribution is 0.0731. The summed E-state index contributed by atoms with van der Waals surface area (Å²) in [7, 11) is 1.73. The van der Waals surface area contributed by atoms with Crippen LogP contribution in [-0.4, -0.2) is 41.5 Å². The number of piperidine rings is 1. The predicted octanol–water partition coefficient (Wildman–Crippen LogP) is 3.61. The van der Waals surface area contributed by atoms with E-state index in [0.717, 1.165) is 29.0 Å². The fraction of sp³-hybridized carbons (Fsp3) is 0.450. The number of ether oxygens (including phenoxy) is 1. The SMILES string of the molecule is CN(C(=O)OC1CC2CCC(C1)N2)c1sccc1Cc1cc(O)cc(O)c1. The Morgan fingerprint density at radius 2 is 1.89 bits per heavy atom. The van der Waals surface area contributed by atoms with Crippen molar-refractivity contribution in [1.82, 2.24) is 5.32 Å². The molecule has 144 valence electrons. The van der Waals surface area contributed by atoms with Crippen molar-refractivity contribution in [3.63, 3.8) is 0 Å². The van der Waals surface area contributed by atoms with Gasteiger partial charge in [-0.3, -0.25) is 4.90 Å². The summed E-state index contributed by atoms with van der Waals surface area (Å²) in [5, 5.41) is 25.6. The lowest BCUT2D eigenvalue weighted by Crippen LogP contribution is -2.43. The number of carbonyl (C=O) groups is 1. The van der Waals surface area contributed by atoms with E-state index in [2.05, 4.69) is 5.32 Å². The molecular formula is C20H24N2O4S. The average Bonchev–Trinajstić information content (AvgIpc) is 3.19. The summed E-state index contributed by atoms with van der Waals surface area (Å²) in [5.41, 5.74) is 1.73. The van der Waals surface area contributed by atoms with Crippen molar-refractivity contribution in [1.29, 1.82) is 0 Å². The number of thiophene rings is 1. The summed E-state index contributed by atoms with van der Waals surface area (Å²) in [6.07, 6.45) is 4.26. The second-order valence-electron chi connectivity index (χ2n) is 7.46. The molecule has 2 atom stereocenters. The second kappa shape index (κ2) is 7.40. The molecule has 6 nitrogen and oxygen atoms in total. The Bertz CT molecular complexity index is 805. The zero-order valence-electron chi connectivity index (χ0n) is 15.2. The van der Waals surface area contributed by atoms with E-state index >= 15 is 0 Å². The maximum Gasteiger partial charge on any atom is 0.414 e. The molecule has 2 bridgehead atoms. The summed E-state index contributed by atoms with van der Waals surface area (Å²) in [6.45, 7) is 0. The number of anilines is 1. The number of nitrogens with one attached hydrogen (secondary N) is 1. The van der Waals surface area contributed by atoms with E-state index < -0.39 is 0 Å². The van der Waals surface area contributed by atoms with Crippen LogP contribution >= 0.6 is 11.3 Å². The van der Waals surface area contributed by atoms with Gasteiger partial charge in [0.15, 0.2) is 0 Å². The molecule has 0 spiro atoms. The van der Waals surface area contributed by atoms with E-state index in [1.54, 1.807) is 24.1 Å². The van der Waals surface area contributed by atoms with Gasteiger partial charge in [0.25, 0.3) is 0 Å². The number of rotatable bonds is 4. The minimum atomic E-state index is -0.330. The lowest BCUT2D eigenvalue weighted by Gasteiger charge is -2.30. The normalized spacial score (nSPS) is 24.0. The summed E-state index contributed by atoms with van der Waals surface area (Å²) in [6, 6.07) is 7.43. The Morgan fingerprint density at radius 3 is 2.56 bits per heavy atom. The highest BCUT2D eigenvalue weighted by molar-refractivity contribution is 7.14. The second-order valence-corrected chi connectivity index (χ2v) is 8.35. The number of phenolic OH excluding ortho intramolecular Hbond substituents is 2. The number of nitrogens with zero attached hydrogens (tertiary/aromatic N) is 1. The van der Waals surface area contributed by atoms with Gasteiger partial charge in [-0.25, -0.2) is 4.79 Å². The molecule has 2 saturated heterocycles. The first-order valence-electron chi connectivity index (χ1n) is 9.26. The molecule has 2 aliphatic rings. The largest absolute Gasteiger partial charge is 0.508 e. The fourth-order valence-electron chi connectivity index (χ4n) is 4.14. The minimum Gasteiger partial charge on any atom is -0.508 e. The van der Waals surface area contributed by atoms with E-state index in [0.29, 0.717) is 18.5 Å². The van der Waals surface area contributed by atoms with Crippen LogP contribution in [0.15, 0.2) is 29.6 Å². The van der Waals surface area contributed by atoms with Crippen LogP contribution in [0.2, 0.25) is 0 Å². The molecule has 3 N–H and O–H groups in total. The topological polar surface area (TPSA) is 82.0 Å². The quantitative estimate of drug-likeness (QED) is 0.745. The maximum absolute atomic E-state index is 12.7. The van der Waals surface area contributed by atoms with Crippen LogP contribution in [0.1, 0.15) is 36.8 Å². The van der Waals surface area contributed by atoms with Crippen molar-refractivity contribution in [2.45, 2.75) is 50.3 Å². The zero-order chi connectivity index (χ0) is 19.0. The molecule has 2 fully saturated rings. The first kappa shape index (κ1) is 18.1. The van der Waals surface area contributed by atoms with Crippen LogP contribution in [0.3, 0.4) is 0 Å². The first-order valence-corrected chi connectivity index (χ1v) is 10.1. The molecule has 0 radical (unpaired) electrons. The van der Waals surface area contributed by atoms with Crippen LogP contribution in [-0.2, 0) is 11.2 Å². The van der Waals surface area contributed by atoms with Crippen LogP contribution in [0.5, 0.6) is 11.5 Å². The van der Waals surface area contributed by atoms with Gasteiger partial charge < -0.3 is 20.3 Å². The van der Waals surface area contributed by atoms with E-state index in [4.69, 9.17) is 4.74 Å². The van der Waals surface area contributed by atoms with E-state index in [-0.39, 0.29) is 23.7 Å². The Kier molecular flexibility index (Phi) is 4.97. The van der Waals surface area contributed by atoms with Crippen LogP contribution in [0.25, 0.3) is 0 Å². The third-order valence-electron chi connectivity index (χ3n) is 5.36. The summed E-state index contributed by atoms with van der Waals surface area (Å²) in [4.78, 5) is 14.2. The van der Waals surface area contributed by atoms with Gasteiger partial charge in [-0.05, 0) is 60.4 Å². The Hall–Kier alpha value is -2.25. The van der Waals surface area contributed by atoms with Crippen molar-refractivity contribution < 1.29 is 19.7 Å². The number of fused-ring (bicyclic) bond motifs is 2. The molecule has 3 heterocycles. The van der Waals surface area contributed by atoms with E-state index in [1.807, 2.05) is 11.4 Å². The smallest absolute Gasteiger partial charge is 0.414 e. The summed E-state index contributed by atoms with van der Waals surface area (Å²) in [5.74, 6) is 0.0464. The number of hydrogen-bond donors (Lipinski definition) is 3. The molecule has 2 aromatic rings. The molecular weight excluding hydrogens is 364 g/mol. The third kappa shape index (κ3) is 4.04. The lowest BCUT2D eigenvalue weighted by atomic mass is 10.0. The van der Waals surface area contributed by atoms with E-state index in [1.165, 1.54) is 30.2 Å². The minimum absolute atomic E-state index is 0.0230. The van der Waals surface area contributed by atoms with Crippen molar-refractivity contribution in [3.05, 3.63) is 40.8 Å². The van der Waals surface area contributed by atoms with Gasteiger partial charge in [0.05, 0.1) is 0 Å². The average molecular weight is 388 g/mol. The van der Waals surface area contributed by atoms with Gasteiger partial charge >= 0.3 is 6.09 Å². The van der Waals surface area contributed by atoms with Gasteiger partial charge in [0.2, 0.25) is 0 Å². The van der Waals surface area contributed by atoms with Crippen molar-refractivity contribution in [2.24, 2.45) is 0 Å². The molecule has 7 heteroatoms. The Labute approximate surface area is 162 Å². The Balaban J connectivity index is 1.43. The van der Waals surface area contributed by atoms with Crippen LogP contribution < -0.4 is 10.2 Å². The van der Waals surface area contributed by atoms with Gasteiger partial charge in [0.1, 0.15) is 22.6 Å². The van der Waals surface area contributed by atoms with Gasteiger partial charge in [-0.1, -0.05) is 0 Å². The molecule has 0 aliphatic carbocycles. The third-order valence-corrected chi connectivity index (χ3v) is 6.39. The van der Waals surface area contributed by atoms with Gasteiger partial charge in [-0.2, -0.15) is 0 Å². The van der Waals surface area contributed by atoms with Gasteiger partial charge in [0, 0.05) is 31.6 Å². The molecule has 1 aromatic heterocycles. The highest BCUT2D eigenvalue weighted by atomic mass is 32.1. The number of benzene rings is 1. The molecule has 4 rings (SSSR count). The van der Waals surface area contributed by atoms with Crippen LogP contribution in [0, 0.1) is 0 Å². The number of carbonyl (C=O) groups excluding carboxylic acids is 1. The fourth-order valence-corrected chi connectivity index (χ4v) is 5.03. The predicted molar refractivity (Wildman–Crippen MR) is 105 cm³/mol. The molecule has 0 saturated carbocycles. The van der Waals surface area contributed by atoms with Crippen LogP contribution in [0.4, 0.5) is 9.80 Å². The number of hydrogen-bond acceptors (Lipinski definition) is 6. The molecule has 1 amide bonds. The summed E-state index contributed by atoms with van der Waals surface area (Å²) < 4.78 is 5.77. The Morgan fingerprint density at radius 1 is 1.22 bits per heavy atom. The summed E-state index contributed by atoms with van der Waals surface area (Å²) >= 11 is 1.48. The van der Waals surface area contributed by atoms with Gasteiger partial charge in [-0.15, -0.1) is 11.3 Å². The standard InChI is InChI=1S/C20H24N2O4S/c1-22(20(25)26-18-9-14-2-3-15(10-18)21-14)19-13(4-5-27-19)6-12-7-16(23)11-17(24)8-12/h4-5,7-8,11,14-15,18,21,23-24H,2-3,6,9-10H2,1H3. The number of aromatic hydroxyl groups is 2. The van der Waals surface area contributed by atoms with Crippen molar-refractivity contribution in [2.75, 3.05) is 11.9 Å². The number of amides is 1. The highest BCUT2D eigenvalue weighted by Crippen LogP contribution is 2.33. The van der Waals surface area contributed by atoms with Crippen molar-refractivity contribution >= 4 is 22.4 Å². The maximum atomic E-state index is 12.7. The number of phenols is 2. The molecule has 2 aliphatic heterocycles. The zero-order valence-corrected chi connectivity index (χ0v) is 16.0. The van der Waals surface area contributed by atoms with E-state index in [9.17, 15) is 15.0 Å². The molecule has 2 unspecified atom stereocenters. The monoisotopic (exact) mass is 388 g/mol. The first-order chi connectivity index (χ1) is 13.0.